The monoisotopic (exact) mass is 425 g/mol. The Hall–Kier alpha value is -2.10. The number of fused-ring (bicyclic) bond motifs is 1. The fraction of sp³-hybridized carbons (Fsp3) is 0.474. The molecule has 0 radical (unpaired) electrons. The van der Waals surface area contributed by atoms with Gasteiger partial charge < -0.3 is 4.74 Å². The highest BCUT2D eigenvalue weighted by molar-refractivity contribution is 6.32. The van der Waals surface area contributed by atoms with E-state index in [1.54, 1.807) is 6.20 Å². The van der Waals surface area contributed by atoms with E-state index in [2.05, 4.69) is 15.1 Å². The van der Waals surface area contributed by atoms with Crippen LogP contribution >= 0.6 is 11.6 Å². The first-order chi connectivity index (χ1) is 13.9. The van der Waals surface area contributed by atoms with Gasteiger partial charge in [0.2, 0.25) is 0 Å². The molecule has 5 rings (SSSR count). The summed E-state index contributed by atoms with van der Waals surface area (Å²) >= 11 is 6.56. The number of hydrogen-bond acceptors (Lipinski definition) is 4. The first-order valence-electron chi connectivity index (χ1n) is 9.51. The maximum Gasteiger partial charge on any atom is 0.504 e. The molecule has 2 fully saturated rings. The van der Waals surface area contributed by atoms with Gasteiger partial charge in [0.15, 0.2) is 0 Å². The van der Waals surface area contributed by atoms with Crippen LogP contribution in [0.15, 0.2) is 30.7 Å². The van der Waals surface area contributed by atoms with E-state index in [-0.39, 0.29) is 10.4 Å². The summed E-state index contributed by atoms with van der Waals surface area (Å²) in [4.78, 5) is 2.46. The van der Waals surface area contributed by atoms with E-state index >= 15 is 0 Å². The van der Waals surface area contributed by atoms with Crippen LogP contribution in [0.4, 0.5) is 13.2 Å². The lowest BCUT2D eigenvalue weighted by Gasteiger charge is -2.41. The third-order valence-corrected chi connectivity index (χ3v) is 6.19. The minimum absolute atomic E-state index is 0.0213. The molecule has 2 aliphatic heterocycles. The smallest absolute Gasteiger partial charge is 0.378 e. The van der Waals surface area contributed by atoms with Crippen molar-refractivity contribution in [3.63, 3.8) is 0 Å². The summed E-state index contributed by atoms with van der Waals surface area (Å²) in [6.45, 7) is 3.60. The lowest BCUT2D eigenvalue weighted by Crippen LogP contribution is -2.51. The number of likely N-dealkylation sites (tertiary alicyclic amines) is 1. The summed E-state index contributed by atoms with van der Waals surface area (Å²) in [5.74, 6) is 0.311. The molecule has 0 amide bonds. The zero-order valence-corrected chi connectivity index (χ0v) is 16.2. The molecular formula is C19H19ClF3N5O. The lowest BCUT2D eigenvalue weighted by molar-refractivity contribution is -0.212. The van der Waals surface area contributed by atoms with Crippen LogP contribution in [0.25, 0.3) is 16.6 Å². The normalized spacial score (nSPS) is 19.7. The van der Waals surface area contributed by atoms with Crippen molar-refractivity contribution in [1.82, 2.24) is 24.5 Å². The summed E-state index contributed by atoms with van der Waals surface area (Å²) in [5.41, 5.74) is 2.00. The number of benzene rings is 1. The van der Waals surface area contributed by atoms with E-state index in [4.69, 9.17) is 16.3 Å². The molecule has 29 heavy (non-hydrogen) atoms. The van der Waals surface area contributed by atoms with Gasteiger partial charge >= 0.3 is 6.30 Å². The Morgan fingerprint density at radius 1 is 1.07 bits per heavy atom. The molecule has 0 aliphatic carbocycles. The van der Waals surface area contributed by atoms with E-state index in [0.29, 0.717) is 17.0 Å². The van der Waals surface area contributed by atoms with Crippen LogP contribution in [0.1, 0.15) is 24.3 Å². The number of ether oxygens (including phenoxy) is 1. The second kappa shape index (κ2) is 7.00. The number of halogens is 4. The molecule has 10 heteroatoms. The quantitative estimate of drug-likeness (QED) is 0.638. The highest BCUT2D eigenvalue weighted by Crippen LogP contribution is 2.37. The van der Waals surface area contributed by atoms with Gasteiger partial charge in [0.05, 0.1) is 43.4 Å². The van der Waals surface area contributed by atoms with Gasteiger partial charge in [0, 0.05) is 10.4 Å². The third kappa shape index (κ3) is 3.41. The molecule has 2 aliphatic rings. The molecule has 6 nitrogen and oxygen atoms in total. The molecule has 0 saturated carbocycles. The molecule has 3 aromatic rings. The zero-order valence-electron chi connectivity index (χ0n) is 15.4. The number of rotatable bonds is 3. The van der Waals surface area contributed by atoms with Crippen molar-refractivity contribution in [3.8, 4) is 5.69 Å². The van der Waals surface area contributed by atoms with Crippen molar-refractivity contribution in [2.45, 2.75) is 31.1 Å². The first kappa shape index (κ1) is 18.9. The molecule has 2 saturated heterocycles. The zero-order chi connectivity index (χ0) is 20.2. The third-order valence-electron chi connectivity index (χ3n) is 5.87. The number of aromatic nitrogens is 4. The van der Waals surface area contributed by atoms with Crippen molar-refractivity contribution in [3.05, 3.63) is 41.3 Å². The molecule has 2 aromatic heterocycles. The van der Waals surface area contributed by atoms with Crippen molar-refractivity contribution in [2.75, 3.05) is 26.3 Å². The molecule has 0 spiro atoms. The van der Waals surface area contributed by atoms with Gasteiger partial charge in [-0.2, -0.15) is 14.9 Å². The van der Waals surface area contributed by atoms with Crippen LogP contribution in [-0.4, -0.2) is 56.8 Å². The number of hydrogen-bond donors (Lipinski definition) is 0. The van der Waals surface area contributed by atoms with Gasteiger partial charge in [-0.1, -0.05) is 11.6 Å². The summed E-state index contributed by atoms with van der Waals surface area (Å²) in [6, 6.07) is 4.33. The highest BCUT2D eigenvalue weighted by atomic mass is 35.5. The maximum atomic E-state index is 12.9. The molecule has 0 atom stereocenters. The van der Waals surface area contributed by atoms with Gasteiger partial charge in [-0.3, -0.25) is 4.90 Å². The van der Waals surface area contributed by atoms with Crippen molar-refractivity contribution in [2.24, 2.45) is 0 Å². The van der Waals surface area contributed by atoms with E-state index in [9.17, 15) is 13.2 Å². The molecular weight excluding hydrogens is 407 g/mol. The summed E-state index contributed by atoms with van der Waals surface area (Å²) in [7, 11) is 0. The van der Waals surface area contributed by atoms with Gasteiger partial charge in [-0.25, -0.2) is 4.68 Å². The first-order valence-corrected chi connectivity index (χ1v) is 9.89. The largest absolute Gasteiger partial charge is 0.504 e. The average molecular weight is 426 g/mol. The van der Waals surface area contributed by atoms with Gasteiger partial charge in [-0.15, -0.1) is 13.2 Å². The fourth-order valence-corrected chi connectivity index (χ4v) is 4.48. The lowest BCUT2D eigenvalue weighted by atomic mass is 9.88. The molecule has 154 valence electrons. The average Bonchev–Trinajstić information content (AvgIpc) is 3.26. The van der Waals surface area contributed by atoms with Crippen LogP contribution in [0.5, 0.6) is 0 Å². The number of piperidine rings is 1. The number of alkyl halides is 3. The molecule has 1 aromatic carbocycles. The van der Waals surface area contributed by atoms with E-state index in [1.165, 1.54) is 4.68 Å². The van der Waals surface area contributed by atoms with Gasteiger partial charge in [-0.05, 0) is 49.5 Å². The maximum absolute atomic E-state index is 12.9. The van der Waals surface area contributed by atoms with Gasteiger partial charge in [0.1, 0.15) is 5.69 Å². The molecule has 0 unspecified atom stereocenters. The van der Waals surface area contributed by atoms with Crippen LogP contribution in [0.3, 0.4) is 0 Å². The van der Waals surface area contributed by atoms with Crippen molar-refractivity contribution in [1.29, 1.82) is 0 Å². The Kier molecular flexibility index (Phi) is 4.56. The predicted octanol–water partition coefficient (Wildman–Crippen LogP) is 3.93. The summed E-state index contributed by atoms with van der Waals surface area (Å²) in [6.07, 6.45) is 1.11. The van der Waals surface area contributed by atoms with Crippen molar-refractivity contribution >= 4 is 22.5 Å². The Morgan fingerprint density at radius 3 is 2.45 bits per heavy atom. The SMILES string of the molecule is FC(F)(F)n1cc(-n2ncc3cc(Cl)c(C4CCN(C5COC5)CC4)cc32)cn1. The topological polar surface area (TPSA) is 48.1 Å². The Morgan fingerprint density at radius 2 is 1.83 bits per heavy atom. The van der Waals surface area contributed by atoms with Crippen LogP contribution < -0.4 is 0 Å². The minimum atomic E-state index is -4.56. The second-order valence-electron chi connectivity index (χ2n) is 7.60. The Labute approximate surface area is 169 Å². The molecule has 4 heterocycles. The standard InChI is InChI=1S/C19H19ClF3N5O/c20-17-5-13-7-25-28(14-8-24-27(9-14)19(21,22)23)18(13)6-16(17)12-1-3-26(4-2-12)15-10-29-11-15/h5-9,12,15H,1-4,10-11H2. The van der Waals surface area contributed by atoms with Crippen LogP contribution in [0.2, 0.25) is 5.02 Å². The Bertz CT molecular complexity index is 1030. The predicted molar refractivity (Wildman–Crippen MR) is 101 cm³/mol. The Balaban J connectivity index is 1.44. The van der Waals surface area contributed by atoms with Gasteiger partial charge in [0.25, 0.3) is 0 Å². The second-order valence-corrected chi connectivity index (χ2v) is 8.01. The van der Waals surface area contributed by atoms with E-state index in [1.807, 2.05) is 12.1 Å². The molecule has 0 N–H and O–H groups in total. The molecule has 0 bridgehead atoms. The summed E-state index contributed by atoms with van der Waals surface area (Å²) < 4.78 is 45.4. The highest BCUT2D eigenvalue weighted by Gasteiger charge is 2.33. The van der Waals surface area contributed by atoms with E-state index < -0.39 is 6.30 Å². The number of nitrogens with zero attached hydrogens (tertiary/aromatic N) is 5. The van der Waals surface area contributed by atoms with Crippen LogP contribution in [0, 0.1) is 0 Å². The summed E-state index contributed by atoms with van der Waals surface area (Å²) in [5, 5.41) is 9.12. The van der Waals surface area contributed by atoms with Crippen LogP contribution in [-0.2, 0) is 11.0 Å². The van der Waals surface area contributed by atoms with Crippen molar-refractivity contribution < 1.29 is 17.9 Å². The van der Waals surface area contributed by atoms with E-state index in [0.717, 1.165) is 68.0 Å². The minimum Gasteiger partial charge on any atom is -0.378 e. The fourth-order valence-electron chi connectivity index (χ4n) is 4.15.